The topological polar surface area (TPSA) is 38.3 Å². The van der Waals surface area contributed by atoms with E-state index >= 15 is 0 Å². The van der Waals surface area contributed by atoms with Gasteiger partial charge in [-0.3, -0.25) is 0 Å². The van der Waals surface area contributed by atoms with Crippen molar-refractivity contribution < 1.29 is 13.9 Å². The normalized spacial score (nSPS) is 11.2. The Morgan fingerprint density at radius 1 is 1.13 bits per heavy atom. The molecule has 2 aromatic carbocycles. The minimum atomic E-state index is -0.491. The van der Waals surface area contributed by atoms with E-state index in [1.807, 2.05) is 20.8 Å². The van der Waals surface area contributed by atoms with Gasteiger partial charge in [-0.05, 0) is 47.4 Å². The highest BCUT2D eigenvalue weighted by Crippen LogP contribution is 2.33. The van der Waals surface area contributed by atoms with Crippen LogP contribution >= 0.6 is 11.6 Å². The van der Waals surface area contributed by atoms with Crippen molar-refractivity contribution in [2.45, 2.75) is 26.2 Å². The minimum Gasteiger partial charge on any atom is -0.465 e. The van der Waals surface area contributed by atoms with Gasteiger partial charge in [0.1, 0.15) is 5.82 Å². The van der Waals surface area contributed by atoms with Crippen LogP contribution < -0.4 is 5.32 Å². The molecule has 5 heteroatoms. The van der Waals surface area contributed by atoms with Gasteiger partial charge in [-0.15, -0.1) is 0 Å². The Balaban J connectivity index is 2.50. The van der Waals surface area contributed by atoms with Crippen LogP contribution in [0.25, 0.3) is 0 Å². The molecule has 23 heavy (non-hydrogen) atoms. The number of nitrogens with one attached hydrogen (secondary N) is 1. The first-order valence-electron chi connectivity index (χ1n) is 7.17. The second-order valence-corrected chi connectivity index (χ2v) is 6.68. The maximum Gasteiger partial charge on any atom is 0.340 e. The summed E-state index contributed by atoms with van der Waals surface area (Å²) in [4.78, 5) is 11.9. The number of anilines is 2. The number of hydrogen-bond acceptors (Lipinski definition) is 3. The Kier molecular flexibility index (Phi) is 4.95. The van der Waals surface area contributed by atoms with Gasteiger partial charge in [0.05, 0.1) is 18.4 Å². The number of esters is 1. The summed E-state index contributed by atoms with van der Waals surface area (Å²) in [5, 5.41) is 3.63. The van der Waals surface area contributed by atoms with Crippen LogP contribution in [-0.2, 0) is 10.2 Å². The van der Waals surface area contributed by atoms with E-state index in [9.17, 15) is 9.18 Å². The molecule has 0 saturated carbocycles. The van der Waals surface area contributed by atoms with Crippen molar-refractivity contribution in [2.24, 2.45) is 0 Å². The summed E-state index contributed by atoms with van der Waals surface area (Å²) >= 11 is 5.96. The summed E-state index contributed by atoms with van der Waals surface area (Å²) in [6.07, 6.45) is 0. The average molecular weight is 336 g/mol. The average Bonchev–Trinajstić information content (AvgIpc) is 2.48. The lowest BCUT2D eigenvalue weighted by Gasteiger charge is -2.24. The molecule has 1 N–H and O–H groups in total. The second kappa shape index (κ2) is 6.59. The zero-order valence-corrected chi connectivity index (χ0v) is 14.3. The van der Waals surface area contributed by atoms with E-state index in [-0.39, 0.29) is 11.2 Å². The van der Waals surface area contributed by atoms with Crippen LogP contribution in [-0.4, -0.2) is 13.1 Å². The molecule has 0 fully saturated rings. The standard InChI is InChI=1S/C18H19ClFNO2/c1-18(2,3)14-10-12(20)6-8-16(14)21-15-7-5-11(19)9-13(15)17(22)23-4/h5-10,21H,1-4H3. The number of rotatable bonds is 3. The highest BCUT2D eigenvalue weighted by Gasteiger charge is 2.20. The van der Waals surface area contributed by atoms with E-state index in [1.54, 1.807) is 18.2 Å². The highest BCUT2D eigenvalue weighted by atomic mass is 35.5. The number of benzene rings is 2. The zero-order valence-electron chi connectivity index (χ0n) is 13.5. The van der Waals surface area contributed by atoms with E-state index in [1.165, 1.54) is 25.3 Å². The van der Waals surface area contributed by atoms with Gasteiger partial charge in [0.15, 0.2) is 0 Å². The number of hydrogen-bond donors (Lipinski definition) is 1. The zero-order chi connectivity index (χ0) is 17.2. The molecule has 0 heterocycles. The molecule has 0 spiro atoms. The van der Waals surface area contributed by atoms with Crippen molar-refractivity contribution in [3.05, 3.63) is 58.4 Å². The summed E-state index contributed by atoms with van der Waals surface area (Å²) in [5.41, 5.74) is 2.15. The molecule has 122 valence electrons. The molecule has 0 saturated heterocycles. The first-order chi connectivity index (χ1) is 10.7. The minimum absolute atomic E-state index is 0.262. The Labute approximate surface area is 140 Å². The van der Waals surface area contributed by atoms with Crippen LogP contribution in [0, 0.1) is 5.82 Å². The van der Waals surface area contributed by atoms with Crippen LogP contribution in [0.1, 0.15) is 36.7 Å². The fourth-order valence-electron chi connectivity index (χ4n) is 2.30. The molecule has 0 aromatic heterocycles. The van der Waals surface area contributed by atoms with Crippen molar-refractivity contribution in [3.63, 3.8) is 0 Å². The summed E-state index contributed by atoms with van der Waals surface area (Å²) in [7, 11) is 1.31. The van der Waals surface area contributed by atoms with E-state index in [0.29, 0.717) is 16.3 Å². The van der Waals surface area contributed by atoms with Gasteiger partial charge >= 0.3 is 5.97 Å². The maximum absolute atomic E-state index is 13.6. The van der Waals surface area contributed by atoms with Gasteiger partial charge in [-0.25, -0.2) is 9.18 Å². The van der Waals surface area contributed by atoms with Gasteiger partial charge in [-0.2, -0.15) is 0 Å². The summed E-state index contributed by atoms with van der Waals surface area (Å²) in [6, 6.07) is 9.45. The maximum atomic E-state index is 13.6. The van der Waals surface area contributed by atoms with Crippen LogP contribution in [0.2, 0.25) is 5.02 Å². The Hall–Kier alpha value is -2.07. The molecular weight excluding hydrogens is 317 g/mol. The lowest BCUT2D eigenvalue weighted by atomic mass is 9.85. The highest BCUT2D eigenvalue weighted by molar-refractivity contribution is 6.31. The Bertz CT molecular complexity index is 738. The van der Waals surface area contributed by atoms with Crippen molar-refractivity contribution in [1.29, 1.82) is 0 Å². The fraction of sp³-hybridized carbons (Fsp3) is 0.278. The van der Waals surface area contributed by atoms with Crippen LogP contribution in [0.15, 0.2) is 36.4 Å². The number of halogens is 2. The molecular formula is C18H19ClFNO2. The van der Waals surface area contributed by atoms with Gasteiger partial charge in [0.2, 0.25) is 0 Å². The number of ether oxygens (including phenoxy) is 1. The first kappa shape index (κ1) is 17.3. The Morgan fingerprint density at radius 2 is 1.78 bits per heavy atom. The molecule has 0 aliphatic carbocycles. The first-order valence-corrected chi connectivity index (χ1v) is 7.55. The third-order valence-electron chi connectivity index (χ3n) is 3.45. The van der Waals surface area contributed by atoms with Crippen molar-refractivity contribution >= 4 is 28.9 Å². The van der Waals surface area contributed by atoms with Crippen molar-refractivity contribution in [3.8, 4) is 0 Å². The van der Waals surface area contributed by atoms with Crippen LogP contribution in [0.4, 0.5) is 15.8 Å². The molecule has 0 atom stereocenters. The molecule has 0 amide bonds. The summed E-state index contributed by atoms with van der Waals surface area (Å²) in [5.74, 6) is -0.792. The molecule has 0 bridgehead atoms. The van der Waals surface area contributed by atoms with Gasteiger partial charge in [0, 0.05) is 10.7 Å². The molecule has 0 radical (unpaired) electrons. The number of carbonyl (C=O) groups excluding carboxylic acids is 1. The Morgan fingerprint density at radius 3 is 2.39 bits per heavy atom. The van der Waals surface area contributed by atoms with E-state index in [2.05, 4.69) is 5.32 Å². The molecule has 0 aliphatic heterocycles. The molecule has 2 rings (SSSR count). The smallest absolute Gasteiger partial charge is 0.340 e. The third-order valence-corrected chi connectivity index (χ3v) is 3.68. The second-order valence-electron chi connectivity index (χ2n) is 6.25. The fourth-order valence-corrected chi connectivity index (χ4v) is 2.47. The van der Waals surface area contributed by atoms with Crippen LogP contribution in [0.3, 0.4) is 0 Å². The number of carbonyl (C=O) groups is 1. The van der Waals surface area contributed by atoms with E-state index in [0.717, 1.165) is 11.3 Å². The van der Waals surface area contributed by atoms with Crippen molar-refractivity contribution in [1.82, 2.24) is 0 Å². The van der Waals surface area contributed by atoms with Gasteiger partial charge in [0.25, 0.3) is 0 Å². The third kappa shape index (κ3) is 4.02. The SMILES string of the molecule is COC(=O)c1cc(Cl)ccc1Nc1ccc(F)cc1C(C)(C)C. The molecule has 3 nitrogen and oxygen atoms in total. The lowest BCUT2D eigenvalue weighted by molar-refractivity contribution is 0.0602. The van der Waals surface area contributed by atoms with Crippen LogP contribution in [0.5, 0.6) is 0 Å². The molecule has 2 aromatic rings. The summed E-state index contributed by atoms with van der Waals surface area (Å²) < 4.78 is 18.4. The quantitative estimate of drug-likeness (QED) is 0.773. The monoisotopic (exact) mass is 335 g/mol. The number of methoxy groups -OCH3 is 1. The predicted molar refractivity (Wildman–Crippen MR) is 91.2 cm³/mol. The van der Waals surface area contributed by atoms with Gasteiger partial charge in [-0.1, -0.05) is 32.4 Å². The summed E-state index contributed by atoms with van der Waals surface area (Å²) in [6.45, 7) is 5.99. The lowest BCUT2D eigenvalue weighted by Crippen LogP contribution is -2.15. The van der Waals surface area contributed by atoms with E-state index < -0.39 is 5.97 Å². The predicted octanol–water partition coefficient (Wildman–Crippen LogP) is 5.31. The largest absolute Gasteiger partial charge is 0.465 e. The molecule has 0 unspecified atom stereocenters. The van der Waals surface area contributed by atoms with E-state index in [4.69, 9.17) is 16.3 Å². The van der Waals surface area contributed by atoms with Gasteiger partial charge < -0.3 is 10.1 Å². The molecule has 0 aliphatic rings. The van der Waals surface area contributed by atoms with Crippen molar-refractivity contribution in [2.75, 3.05) is 12.4 Å².